The van der Waals surface area contributed by atoms with Gasteiger partial charge in [-0.05, 0) is 43.2 Å². The summed E-state index contributed by atoms with van der Waals surface area (Å²) in [7, 11) is 0. The number of fused-ring (bicyclic) bond motifs is 1. The quantitative estimate of drug-likeness (QED) is 0.799. The van der Waals surface area contributed by atoms with Crippen LogP contribution in [0.5, 0.6) is 0 Å². The lowest BCUT2D eigenvalue weighted by atomic mass is 9.97. The zero-order valence-electron chi connectivity index (χ0n) is 17.2. The van der Waals surface area contributed by atoms with E-state index in [0.717, 1.165) is 56.9 Å². The van der Waals surface area contributed by atoms with Crippen molar-refractivity contribution in [3.63, 3.8) is 0 Å². The average molecular weight is 371 g/mol. The molecule has 1 unspecified atom stereocenters. The number of nitrogens with zero attached hydrogens (tertiary/aromatic N) is 3. The van der Waals surface area contributed by atoms with Crippen molar-refractivity contribution in [2.24, 2.45) is 17.8 Å². The van der Waals surface area contributed by atoms with Crippen LogP contribution in [-0.2, 0) is 11.3 Å². The number of aromatic nitrogens is 2. The van der Waals surface area contributed by atoms with Crippen molar-refractivity contribution in [2.45, 2.75) is 53.5 Å². The van der Waals surface area contributed by atoms with Crippen LogP contribution in [0.15, 0.2) is 24.3 Å². The van der Waals surface area contributed by atoms with Crippen LogP contribution in [0.1, 0.15) is 47.0 Å². The van der Waals surface area contributed by atoms with E-state index in [9.17, 15) is 4.79 Å². The third-order valence-electron chi connectivity index (χ3n) is 5.28. The predicted molar refractivity (Wildman–Crippen MR) is 112 cm³/mol. The molecule has 1 aliphatic heterocycles. The molecule has 148 valence electrons. The van der Waals surface area contributed by atoms with Crippen LogP contribution < -0.4 is 10.2 Å². The highest BCUT2D eigenvalue weighted by atomic mass is 16.1. The molecule has 2 aromatic rings. The minimum Gasteiger partial charge on any atom is -0.356 e. The lowest BCUT2D eigenvalue weighted by molar-refractivity contribution is -0.125. The molecule has 5 heteroatoms. The molecule has 0 aliphatic carbocycles. The summed E-state index contributed by atoms with van der Waals surface area (Å²) in [5.41, 5.74) is 2.22. The summed E-state index contributed by atoms with van der Waals surface area (Å²) in [6.45, 7) is 12.3. The summed E-state index contributed by atoms with van der Waals surface area (Å²) >= 11 is 0. The Morgan fingerprint density at radius 2 is 2.00 bits per heavy atom. The van der Waals surface area contributed by atoms with Gasteiger partial charge in [-0.15, -0.1) is 0 Å². The molecule has 1 aromatic carbocycles. The standard InChI is InChI=1S/C22H34N4O/c1-16(2)11-12-23-21(27)18-8-7-13-25(15-18)22-24-19-9-5-6-10-20(19)26(22)14-17(3)4/h5-6,9-10,16-18H,7-8,11-15H2,1-4H3,(H,23,27). The number of imidazole rings is 1. The number of nitrogens with one attached hydrogen (secondary N) is 1. The maximum Gasteiger partial charge on any atom is 0.224 e. The molecule has 1 aliphatic rings. The molecule has 0 radical (unpaired) electrons. The molecule has 1 aromatic heterocycles. The fourth-order valence-electron chi connectivity index (χ4n) is 3.85. The molecule has 2 heterocycles. The Morgan fingerprint density at radius 1 is 1.22 bits per heavy atom. The van der Waals surface area contributed by atoms with E-state index in [-0.39, 0.29) is 11.8 Å². The normalized spacial score (nSPS) is 17.9. The second-order valence-corrected chi connectivity index (χ2v) is 8.66. The van der Waals surface area contributed by atoms with Gasteiger partial charge in [-0.25, -0.2) is 4.98 Å². The predicted octanol–water partition coefficient (Wildman–Crippen LogP) is 4.07. The minimum atomic E-state index is 0.0539. The largest absolute Gasteiger partial charge is 0.356 e. The SMILES string of the molecule is CC(C)CCNC(=O)C1CCCN(c2nc3ccccc3n2CC(C)C)C1. The van der Waals surface area contributed by atoms with Crippen LogP contribution in [0, 0.1) is 17.8 Å². The second-order valence-electron chi connectivity index (χ2n) is 8.66. The Hall–Kier alpha value is -2.04. The van der Waals surface area contributed by atoms with Crippen LogP contribution >= 0.6 is 0 Å². The lowest BCUT2D eigenvalue weighted by Gasteiger charge is -2.33. The average Bonchev–Trinajstić information content (AvgIpc) is 2.99. The van der Waals surface area contributed by atoms with Gasteiger partial charge in [0.2, 0.25) is 11.9 Å². The molecule has 1 saturated heterocycles. The van der Waals surface area contributed by atoms with Gasteiger partial charge in [0.1, 0.15) is 0 Å². The Kier molecular flexibility index (Phi) is 6.40. The molecule has 1 atom stereocenters. The summed E-state index contributed by atoms with van der Waals surface area (Å²) in [6, 6.07) is 8.34. The van der Waals surface area contributed by atoms with Gasteiger partial charge in [0.05, 0.1) is 17.0 Å². The van der Waals surface area contributed by atoms with Crippen molar-refractivity contribution in [3.05, 3.63) is 24.3 Å². The highest BCUT2D eigenvalue weighted by Crippen LogP contribution is 2.28. The summed E-state index contributed by atoms with van der Waals surface area (Å²) in [5.74, 6) is 2.43. The van der Waals surface area contributed by atoms with Gasteiger partial charge in [-0.1, -0.05) is 39.8 Å². The first-order valence-corrected chi connectivity index (χ1v) is 10.4. The Morgan fingerprint density at radius 3 is 2.74 bits per heavy atom. The summed E-state index contributed by atoms with van der Waals surface area (Å²) in [6.07, 6.45) is 3.04. The molecule has 1 amide bonds. The molecular formula is C22H34N4O. The molecule has 3 rings (SSSR count). The van der Waals surface area contributed by atoms with E-state index in [0.29, 0.717) is 11.8 Å². The molecule has 0 saturated carbocycles. The van der Waals surface area contributed by atoms with Crippen LogP contribution in [0.3, 0.4) is 0 Å². The smallest absolute Gasteiger partial charge is 0.224 e. The maximum absolute atomic E-state index is 12.6. The van der Waals surface area contributed by atoms with Gasteiger partial charge in [0.15, 0.2) is 0 Å². The third-order valence-corrected chi connectivity index (χ3v) is 5.28. The third kappa shape index (κ3) is 4.82. The van der Waals surface area contributed by atoms with E-state index in [4.69, 9.17) is 4.98 Å². The van der Waals surface area contributed by atoms with E-state index >= 15 is 0 Å². The first-order chi connectivity index (χ1) is 13.0. The van der Waals surface area contributed by atoms with Gasteiger partial charge in [-0.3, -0.25) is 4.79 Å². The van der Waals surface area contributed by atoms with Crippen molar-refractivity contribution in [1.29, 1.82) is 0 Å². The molecule has 0 bridgehead atoms. The molecular weight excluding hydrogens is 336 g/mol. The van der Waals surface area contributed by atoms with E-state index in [1.165, 1.54) is 5.52 Å². The number of hydrogen-bond acceptors (Lipinski definition) is 3. The van der Waals surface area contributed by atoms with Gasteiger partial charge in [-0.2, -0.15) is 0 Å². The Bertz CT molecular complexity index is 765. The number of carbonyl (C=O) groups excluding carboxylic acids is 1. The summed E-state index contributed by atoms with van der Waals surface area (Å²) in [5, 5.41) is 3.14. The summed E-state index contributed by atoms with van der Waals surface area (Å²) < 4.78 is 2.33. The van der Waals surface area contributed by atoms with Gasteiger partial charge < -0.3 is 14.8 Å². The number of piperidine rings is 1. The topological polar surface area (TPSA) is 50.2 Å². The van der Waals surface area contributed by atoms with Crippen molar-refractivity contribution in [2.75, 3.05) is 24.5 Å². The van der Waals surface area contributed by atoms with Crippen LogP contribution in [0.2, 0.25) is 0 Å². The van der Waals surface area contributed by atoms with Gasteiger partial charge >= 0.3 is 0 Å². The van der Waals surface area contributed by atoms with Gasteiger partial charge in [0.25, 0.3) is 0 Å². The number of amides is 1. The number of rotatable bonds is 7. The van der Waals surface area contributed by atoms with Crippen molar-refractivity contribution in [1.82, 2.24) is 14.9 Å². The zero-order chi connectivity index (χ0) is 19.4. The van der Waals surface area contributed by atoms with Crippen molar-refractivity contribution >= 4 is 22.9 Å². The van der Waals surface area contributed by atoms with Crippen LogP contribution in [0.25, 0.3) is 11.0 Å². The van der Waals surface area contributed by atoms with E-state index in [2.05, 4.69) is 60.7 Å². The van der Waals surface area contributed by atoms with E-state index in [1.54, 1.807) is 0 Å². The number of benzene rings is 1. The minimum absolute atomic E-state index is 0.0539. The molecule has 1 fully saturated rings. The van der Waals surface area contributed by atoms with Gasteiger partial charge in [0, 0.05) is 26.2 Å². The molecule has 1 N–H and O–H groups in total. The first-order valence-electron chi connectivity index (χ1n) is 10.4. The van der Waals surface area contributed by atoms with Crippen molar-refractivity contribution in [3.8, 4) is 0 Å². The zero-order valence-corrected chi connectivity index (χ0v) is 17.2. The second kappa shape index (κ2) is 8.77. The Labute approximate surface area is 163 Å². The molecule has 5 nitrogen and oxygen atoms in total. The van der Waals surface area contributed by atoms with E-state index in [1.807, 2.05) is 6.07 Å². The summed E-state index contributed by atoms with van der Waals surface area (Å²) in [4.78, 5) is 19.9. The number of carbonyl (C=O) groups is 1. The molecule has 0 spiro atoms. The monoisotopic (exact) mass is 370 g/mol. The van der Waals surface area contributed by atoms with Crippen LogP contribution in [-0.4, -0.2) is 35.1 Å². The fourth-order valence-corrected chi connectivity index (χ4v) is 3.85. The molecule has 27 heavy (non-hydrogen) atoms. The fraction of sp³-hybridized carbons (Fsp3) is 0.636. The van der Waals surface area contributed by atoms with Crippen molar-refractivity contribution < 1.29 is 4.79 Å². The number of para-hydroxylation sites is 2. The number of hydrogen-bond donors (Lipinski definition) is 1. The highest BCUT2D eigenvalue weighted by molar-refractivity contribution is 5.81. The number of anilines is 1. The first kappa shape index (κ1) is 19.7. The highest BCUT2D eigenvalue weighted by Gasteiger charge is 2.28. The maximum atomic E-state index is 12.6. The van der Waals surface area contributed by atoms with E-state index < -0.39 is 0 Å². The Balaban J connectivity index is 1.76. The lowest BCUT2D eigenvalue weighted by Crippen LogP contribution is -2.44. The van der Waals surface area contributed by atoms with Crippen LogP contribution in [0.4, 0.5) is 5.95 Å².